The molecule has 0 fully saturated rings. The lowest BCUT2D eigenvalue weighted by Gasteiger charge is -2.26. The van der Waals surface area contributed by atoms with Crippen LogP contribution in [0, 0.1) is 0 Å². The first-order valence-corrected chi connectivity index (χ1v) is 7.28. The highest BCUT2D eigenvalue weighted by Gasteiger charge is 2.21. The maximum absolute atomic E-state index is 12.2. The smallest absolute Gasteiger partial charge is 0.225 e. The Morgan fingerprint density at radius 2 is 2.18 bits per heavy atom. The minimum Gasteiger partial charge on any atom is -0.341 e. The van der Waals surface area contributed by atoms with E-state index in [9.17, 15) is 9.59 Å². The SMILES string of the molecule is C=CC1=C(/C=C\C)CN(C=NCC=O)CN(C(=O)CCN)C1. The molecule has 1 aliphatic rings. The number of nitrogens with zero attached hydrogens (tertiary/aromatic N) is 3. The Kier molecular flexibility index (Phi) is 7.85. The van der Waals surface area contributed by atoms with Crippen LogP contribution < -0.4 is 5.73 Å². The summed E-state index contributed by atoms with van der Waals surface area (Å²) >= 11 is 0. The van der Waals surface area contributed by atoms with E-state index in [0.717, 1.165) is 17.4 Å². The summed E-state index contributed by atoms with van der Waals surface area (Å²) < 4.78 is 0. The molecular weight excluding hydrogens is 280 g/mol. The molecule has 6 heteroatoms. The summed E-state index contributed by atoms with van der Waals surface area (Å²) in [4.78, 5) is 30.3. The van der Waals surface area contributed by atoms with E-state index in [4.69, 9.17) is 5.73 Å². The number of aldehydes is 1. The summed E-state index contributed by atoms with van der Waals surface area (Å²) in [6.45, 7) is 7.76. The number of nitrogens with two attached hydrogens (primary N) is 1. The molecule has 1 heterocycles. The molecule has 1 rings (SSSR count). The Labute approximate surface area is 131 Å². The van der Waals surface area contributed by atoms with E-state index in [0.29, 0.717) is 32.7 Å². The Morgan fingerprint density at radius 1 is 1.41 bits per heavy atom. The average molecular weight is 304 g/mol. The number of carbonyl (C=O) groups is 2. The normalized spacial score (nSPS) is 16.5. The molecule has 6 nitrogen and oxygen atoms in total. The molecule has 1 amide bonds. The van der Waals surface area contributed by atoms with Gasteiger partial charge in [-0.05, 0) is 18.1 Å². The fourth-order valence-electron chi connectivity index (χ4n) is 2.23. The first-order chi connectivity index (χ1) is 10.7. The van der Waals surface area contributed by atoms with Crippen LogP contribution in [-0.2, 0) is 9.59 Å². The van der Waals surface area contributed by atoms with E-state index in [-0.39, 0.29) is 12.5 Å². The Hall–Kier alpha value is -2.21. The Balaban J connectivity index is 3.05. The third kappa shape index (κ3) is 5.29. The number of rotatable bonds is 7. The van der Waals surface area contributed by atoms with Crippen LogP contribution in [0.15, 0.2) is 40.9 Å². The van der Waals surface area contributed by atoms with Crippen molar-refractivity contribution in [1.29, 1.82) is 0 Å². The summed E-state index contributed by atoms with van der Waals surface area (Å²) in [5.41, 5.74) is 7.57. The lowest BCUT2D eigenvalue weighted by Crippen LogP contribution is -2.41. The first-order valence-electron chi connectivity index (χ1n) is 7.28. The summed E-state index contributed by atoms with van der Waals surface area (Å²) in [5.74, 6) is -0.00244. The fraction of sp³-hybridized carbons (Fsp3) is 0.438. The molecule has 0 saturated carbocycles. The van der Waals surface area contributed by atoms with Crippen LogP contribution in [0.25, 0.3) is 0 Å². The van der Waals surface area contributed by atoms with Gasteiger partial charge in [0.05, 0.1) is 19.6 Å². The standard InChI is InChI=1S/C16H24N4O2/c1-3-5-15-10-19(12-18-8-9-21)13-20(11-14(15)4-2)16(22)6-7-17/h3-5,9,12H,2,6-8,10-11,13,17H2,1H3/b5-3-,18-12?. The van der Waals surface area contributed by atoms with Crippen LogP contribution in [0.4, 0.5) is 0 Å². The molecule has 1 aliphatic heterocycles. The van der Waals surface area contributed by atoms with E-state index in [1.807, 2.05) is 24.0 Å². The molecular formula is C16H24N4O2. The lowest BCUT2D eigenvalue weighted by atomic mass is 10.1. The van der Waals surface area contributed by atoms with Gasteiger partial charge in [0.15, 0.2) is 0 Å². The summed E-state index contributed by atoms with van der Waals surface area (Å²) in [6.07, 6.45) is 8.41. The van der Waals surface area contributed by atoms with Crippen molar-refractivity contribution in [2.24, 2.45) is 10.7 Å². The van der Waals surface area contributed by atoms with Crippen LogP contribution in [0.5, 0.6) is 0 Å². The van der Waals surface area contributed by atoms with Crippen molar-refractivity contribution in [2.75, 3.05) is 32.8 Å². The molecule has 0 radical (unpaired) electrons. The van der Waals surface area contributed by atoms with Crippen molar-refractivity contribution in [1.82, 2.24) is 9.80 Å². The lowest BCUT2D eigenvalue weighted by molar-refractivity contribution is -0.131. The van der Waals surface area contributed by atoms with Gasteiger partial charge >= 0.3 is 0 Å². The first kappa shape index (κ1) is 17.8. The van der Waals surface area contributed by atoms with E-state index in [1.165, 1.54) is 0 Å². The van der Waals surface area contributed by atoms with Gasteiger partial charge in [0.25, 0.3) is 0 Å². The second kappa shape index (κ2) is 9.68. The summed E-state index contributed by atoms with van der Waals surface area (Å²) in [7, 11) is 0. The average Bonchev–Trinajstić information content (AvgIpc) is 2.68. The number of hydrogen-bond donors (Lipinski definition) is 1. The minimum absolute atomic E-state index is 0.00244. The van der Waals surface area contributed by atoms with E-state index in [2.05, 4.69) is 11.6 Å². The number of aliphatic imine (C=N–C) groups is 1. The van der Waals surface area contributed by atoms with Crippen molar-refractivity contribution in [3.05, 3.63) is 36.0 Å². The minimum atomic E-state index is -0.00244. The largest absolute Gasteiger partial charge is 0.341 e. The quantitative estimate of drug-likeness (QED) is 0.427. The molecule has 0 atom stereocenters. The summed E-state index contributed by atoms with van der Waals surface area (Å²) in [6, 6.07) is 0. The van der Waals surface area contributed by atoms with E-state index in [1.54, 1.807) is 17.3 Å². The molecule has 0 spiro atoms. The van der Waals surface area contributed by atoms with Gasteiger partial charge in [-0.15, -0.1) is 0 Å². The zero-order valence-corrected chi connectivity index (χ0v) is 13.1. The number of hydrogen-bond acceptors (Lipinski definition) is 4. The monoisotopic (exact) mass is 304 g/mol. The van der Waals surface area contributed by atoms with Crippen molar-refractivity contribution in [3.8, 4) is 0 Å². The van der Waals surface area contributed by atoms with Crippen molar-refractivity contribution < 1.29 is 9.59 Å². The van der Waals surface area contributed by atoms with E-state index < -0.39 is 0 Å². The Bertz CT molecular complexity index is 494. The molecule has 0 aromatic rings. The zero-order chi connectivity index (χ0) is 16.4. The van der Waals surface area contributed by atoms with Gasteiger partial charge in [0, 0.05) is 26.1 Å². The number of amides is 1. The number of allylic oxidation sites excluding steroid dienone is 1. The van der Waals surface area contributed by atoms with Crippen LogP contribution in [0.2, 0.25) is 0 Å². The Morgan fingerprint density at radius 3 is 2.77 bits per heavy atom. The fourth-order valence-corrected chi connectivity index (χ4v) is 2.23. The topological polar surface area (TPSA) is 79.0 Å². The van der Waals surface area contributed by atoms with Gasteiger partial charge in [-0.3, -0.25) is 9.79 Å². The third-order valence-corrected chi connectivity index (χ3v) is 3.25. The molecule has 0 aromatic carbocycles. The van der Waals surface area contributed by atoms with E-state index >= 15 is 0 Å². The van der Waals surface area contributed by atoms with Gasteiger partial charge in [-0.25, -0.2) is 0 Å². The second-order valence-corrected chi connectivity index (χ2v) is 4.92. The van der Waals surface area contributed by atoms with Crippen molar-refractivity contribution in [2.45, 2.75) is 13.3 Å². The van der Waals surface area contributed by atoms with Crippen molar-refractivity contribution in [3.63, 3.8) is 0 Å². The highest BCUT2D eigenvalue weighted by atomic mass is 16.2. The highest BCUT2D eigenvalue weighted by molar-refractivity contribution is 5.77. The predicted octanol–water partition coefficient (Wildman–Crippen LogP) is 0.723. The maximum Gasteiger partial charge on any atom is 0.225 e. The predicted molar refractivity (Wildman–Crippen MR) is 88.4 cm³/mol. The van der Waals surface area contributed by atoms with Crippen molar-refractivity contribution >= 4 is 18.5 Å². The van der Waals surface area contributed by atoms with Gasteiger partial charge in [-0.2, -0.15) is 0 Å². The number of carbonyl (C=O) groups excluding carboxylic acids is 2. The van der Waals surface area contributed by atoms with Crippen LogP contribution >= 0.6 is 0 Å². The van der Waals surface area contributed by atoms with Crippen LogP contribution in [0.3, 0.4) is 0 Å². The van der Waals surface area contributed by atoms with Crippen LogP contribution in [-0.4, -0.2) is 61.2 Å². The maximum atomic E-state index is 12.2. The van der Waals surface area contributed by atoms with Gasteiger partial charge in [0.2, 0.25) is 5.91 Å². The zero-order valence-electron chi connectivity index (χ0n) is 13.1. The molecule has 0 bridgehead atoms. The molecule has 0 unspecified atom stereocenters. The molecule has 22 heavy (non-hydrogen) atoms. The van der Waals surface area contributed by atoms with Gasteiger partial charge in [0.1, 0.15) is 6.29 Å². The van der Waals surface area contributed by atoms with Crippen LogP contribution in [0.1, 0.15) is 13.3 Å². The third-order valence-electron chi connectivity index (χ3n) is 3.25. The molecule has 120 valence electrons. The molecule has 0 aliphatic carbocycles. The van der Waals surface area contributed by atoms with Gasteiger partial charge in [-0.1, -0.05) is 24.8 Å². The highest BCUT2D eigenvalue weighted by Crippen LogP contribution is 2.17. The molecule has 0 aromatic heterocycles. The molecule has 0 saturated heterocycles. The second-order valence-electron chi connectivity index (χ2n) is 4.92. The summed E-state index contributed by atoms with van der Waals surface area (Å²) in [5, 5.41) is 0. The molecule has 2 N–H and O–H groups in total. The van der Waals surface area contributed by atoms with Gasteiger partial charge < -0.3 is 20.3 Å².